The Morgan fingerprint density at radius 1 is 1.36 bits per heavy atom. The van der Waals surface area contributed by atoms with E-state index >= 15 is 0 Å². The second kappa shape index (κ2) is 7.25. The van der Waals surface area contributed by atoms with Crippen molar-refractivity contribution >= 4 is 34.2 Å². The normalized spacial score (nSPS) is 11.6. The minimum Gasteiger partial charge on any atom is -0.436 e. The third kappa shape index (κ3) is 3.71. The monoisotopic (exact) mass is 411 g/mol. The summed E-state index contributed by atoms with van der Waals surface area (Å²) in [6, 6.07) is 3.83. The molecule has 0 aliphatic rings. The van der Waals surface area contributed by atoms with Gasteiger partial charge < -0.3 is 14.8 Å². The molecule has 6 nitrogen and oxygen atoms in total. The van der Waals surface area contributed by atoms with Crippen LogP contribution in [0.3, 0.4) is 0 Å². The molecule has 28 heavy (non-hydrogen) atoms. The van der Waals surface area contributed by atoms with Crippen LogP contribution in [-0.2, 0) is 12.8 Å². The van der Waals surface area contributed by atoms with Crippen molar-refractivity contribution in [3.05, 3.63) is 63.4 Å². The highest BCUT2D eigenvalue weighted by Gasteiger charge is 2.31. The topological polar surface area (TPSA) is 99.2 Å². The van der Waals surface area contributed by atoms with Crippen molar-refractivity contribution in [1.82, 2.24) is 4.98 Å². The van der Waals surface area contributed by atoms with E-state index in [1.807, 2.05) is 0 Å². The molecular formula is C18H13ClF3N3O3. The number of carbonyl (C=O) groups is 1. The maximum absolute atomic E-state index is 12.9. The summed E-state index contributed by atoms with van der Waals surface area (Å²) in [5, 5.41) is 19.9. The van der Waals surface area contributed by atoms with Gasteiger partial charge in [-0.15, -0.1) is 0 Å². The van der Waals surface area contributed by atoms with E-state index in [4.69, 9.17) is 21.4 Å². The van der Waals surface area contributed by atoms with Crippen LogP contribution < -0.4 is 10.9 Å². The maximum atomic E-state index is 12.9. The summed E-state index contributed by atoms with van der Waals surface area (Å²) in [5.41, 5.74) is -0.927. The number of hydrogen-bond donors (Lipinski definition) is 3. The van der Waals surface area contributed by atoms with Gasteiger partial charge in [-0.2, -0.15) is 13.2 Å². The number of aromatic nitrogens is 1. The number of amides is 1. The third-order valence-corrected chi connectivity index (χ3v) is 4.36. The number of nitrogens with one attached hydrogen (secondary N) is 2. The predicted molar refractivity (Wildman–Crippen MR) is 94.9 cm³/mol. The number of anilines is 1. The maximum Gasteiger partial charge on any atom is 0.416 e. The van der Waals surface area contributed by atoms with Crippen molar-refractivity contribution in [2.75, 3.05) is 5.32 Å². The van der Waals surface area contributed by atoms with Crippen LogP contribution in [0, 0.1) is 12.3 Å². The van der Waals surface area contributed by atoms with E-state index in [9.17, 15) is 23.1 Å². The van der Waals surface area contributed by atoms with E-state index in [0.29, 0.717) is 22.7 Å². The summed E-state index contributed by atoms with van der Waals surface area (Å²) in [6.07, 6.45) is -3.20. The molecule has 0 saturated carbocycles. The van der Waals surface area contributed by atoms with Crippen molar-refractivity contribution in [2.24, 2.45) is 0 Å². The number of benzene rings is 1. The third-order valence-electron chi connectivity index (χ3n) is 4.03. The Bertz CT molecular complexity index is 1140. The Hall–Kier alpha value is -2.91. The Kier molecular flexibility index (Phi) is 5.14. The molecule has 146 valence electrons. The van der Waals surface area contributed by atoms with E-state index in [2.05, 4.69) is 10.3 Å². The van der Waals surface area contributed by atoms with Crippen LogP contribution in [0.1, 0.15) is 27.2 Å². The molecule has 0 aliphatic carbocycles. The molecule has 1 aromatic carbocycles. The van der Waals surface area contributed by atoms with Crippen LogP contribution in [0.25, 0.3) is 11.0 Å². The summed E-state index contributed by atoms with van der Waals surface area (Å²) in [5.74, 6) is -0.879. The van der Waals surface area contributed by atoms with Crippen molar-refractivity contribution in [1.29, 1.82) is 5.41 Å². The van der Waals surface area contributed by atoms with Crippen LogP contribution in [0.2, 0.25) is 5.02 Å². The highest BCUT2D eigenvalue weighted by Crippen LogP contribution is 2.34. The summed E-state index contributed by atoms with van der Waals surface area (Å²) >= 11 is 5.89. The van der Waals surface area contributed by atoms with E-state index in [1.165, 1.54) is 12.3 Å². The SMILES string of the molecule is Cc1ncc(CO)c2cc(C(=O)Nc3cc(C(F)(F)F)ccc3Cl)c(=N)oc12. The van der Waals surface area contributed by atoms with Crippen LogP contribution in [-0.4, -0.2) is 16.0 Å². The lowest BCUT2D eigenvalue weighted by molar-refractivity contribution is -0.137. The van der Waals surface area contributed by atoms with Gasteiger partial charge in [0.1, 0.15) is 5.56 Å². The molecule has 0 saturated heterocycles. The molecule has 0 bridgehead atoms. The number of nitrogens with zero attached hydrogens (tertiary/aromatic N) is 1. The first-order valence-electron chi connectivity index (χ1n) is 7.87. The van der Waals surface area contributed by atoms with Gasteiger partial charge in [-0.05, 0) is 31.2 Å². The number of alkyl halides is 3. The lowest BCUT2D eigenvalue weighted by Crippen LogP contribution is -2.21. The molecule has 3 aromatic rings. The van der Waals surface area contributed by atoms with E-state index < -0.39 is 23.2 Å². The average Bonchev–Trinajstić information content (AvgIpc) is 2.63. The number of fused-ring (bicyclic) bond motifs is 1. The molecule has 0 radical (unpaired) electrons. The molecule has 0 atom stereocenters. The minimum absolute atomic E-state index is 0.0956. The molecule has 0 aliphatic heterocycles. The molecule has 2 heterocycles. The molecule has 3 N–H and O–H groups in total. The number of halogens is 4. The van der Waals surface area contributed by atoms with Crippen molar-refractivity contribution in [3.63, 3.8) is 0 Å². The van der Waals surface area contributed by atoms with Crippen molar-refractivity contribution in [2.45, 2.75) is 19.7 Å². The van der Waals surface area contributed by atoms with Gasteiger partial charge in [0.05, 0.1) is 28.6 Å². The van der Waals surface area contributed by atoms with Gasteiger partial charge in [0.15, 0.2) is 5.58 Å². The second-order valence-electron chi connectivity index (χ2n) is 5.91. The fourth-order valence-electron chi connectivity index (χ4n) is 2.58. The fraction of sp³-hybridized carbons (Fsp3) is 0.167. The van der Waals surface area contributed by atoms with Gasteiger partial charge in [-0.1, -0.05) is 11.6 Å². The molecule has 2 aromatic heterocycles. The molecular weight excluding hydrogens is 399 g/mol. The number of aliphatic hydroxyl groups is 1. The van der Waals surface area contributed by atoms with Crippen LogP contribution in [0.4, 0.5) is 18.9 Å². The number of aryl methyl sites for hydroxylation is 1. The average molecular weight is 412 g/mol. The zero-order chi connectivity index (χ0) is 20.6. The second-order valence-corrected chi connectivity index (χ2v) is 6.31. The number of aliphatic hydroxyl groups excluding tert-OH is 1. The van der Waals surface area contributed by atoms with Crippen LogP contribution >= 0.6 is 11.6 Å². The molecule has 3 rings (SSSR count). The first kappa shape index (κ1) is 19.8. The highest BCUT2D eigenvalue weighted by molar-refractivity contribution is 6.34. The number of carbonyl (C=O) groups excluding carboxylic acids is 1. The largest absolute Gasteiger partial charge is 0.436 e. The van der Waals surface area contributed by atoms with Gasteiger partial charge in [-0.3, -0.25) is 15.2 Å². The summed E-state index contributed by atoms with van der Waals surface area (Å²) in [6.45, 7) is 1.26. The summed E-state index contributed by atoms with van der Waals surface area (Å²) in [7, 11) is 0. The number of hydrogen-bond acceptors (Lipinski definition) is 5. The van der Waals surface area contributed by atoms with Gasteiger partial charge >= 0.3 is 6.18 Å². The van der Waals surface area contributed by atoms with E-state index in [-0.39, 0.29) is 28.5 Å². The standard InChI is InChI=1S/C18H13ClF3N3O3/c1-8-15-11(9(7-26)6-24-8)5-12(16(23)28-15)17(27)25-14-4-10(18(20,21)22)2-3-13(14)19/h2-6,23,26H,7H2,1H3,(H,25,27). The zero-order valence-corrected chi connectivity index (χ0v) is 15.1. The lowest BCUT2D eigenvalue weighted by atomic mass is 10.1. The van der Waals surface area contributed by atoms with Crippen LogP contribution in [0.5, 0.6) is 0 Å². The molecule has 1 amide bonds. The quantitative estimate of drug-likeness (QED) is 0.605. The minimum atomic E-state index is -4.61. The Labute approximate surface area is 161 Å². The zero-order valence-electron chi connectivity index (χ0n) is 14.3. The summed E-state index contributed by atoms with van der Waals surface area (Å²) < 4.78 is 44.0. The highest BCUT2D eigenvalue weighted by atomic mass is 35.5. The fourth-order valence-corrected chi connectivity index (χ4v) is 2.74. The molecule has 0 unspecified atom stereocenters. The first-order chi connectivity index (χ1) is 13.1. The lowest BCUT2D eigenvalue weighted by Gasteiger charge is -2.12. The predicted octanol–water partition coefficient (Wildman–Crippen LogP) is 4.03. The Balaban J connectivity index is 2.05. The van der Waals surface area contributed by atoms with Crippen molar-refractivity contribution in [3.8, 4) is 0 Å². The van der Waals surface area contributed by atoms with Crippen molar-refractivity contribution < 1.29 is 27.5 Å². The number of pyridine rings is 1. The van der Waals surface area contributed by atoms with E-state index in [0.717, 1.165) is 12.1 Å². The molecule has 0 spiro atoms. The van der Waals surface area contributed by atoms with Crippen LogP contribution in [0.15, 0.2) is 34.9 Å². The smallest absolute Gasteiger partial charge is 0.416 e. The Morgan fingerprint density at radius 2 is 2.07 bits per heavy atom. The van der Waals surface area contributed by atoms with Gasteiger partial charge in [-0.25, -0.2) is 0 Å². The van der Waals surface area contributed by atoms with Gasteiger partial charge in [0, 0.05) is 17.1 Å². The number of rotatable bonds is 3. The first-order valence-corrected chi connectivity index (χ1v) is 8.25. The van der Waals surface area contributed by atoms with E-state index in [1.54, 1.807) is 6.92 Å². The molecule has 10 heteroatoms. The van der Waals surface area contributed by atoms with Gasteiger partial charge in [0.2, 0.25) is 5.55 Å². The summed E-state index contributed by atoms with van der Waals surface area (Å²) in [4.78, 5) is 16.6. The Morgan fingerprint density at radius 3 is 2.71 bits per heavy atom. The molecule has 0 fully saturated rings. The van der Waals surface area contributed by atoms with Gasteiger partial charge in [0.25, 0.3) is 5.91 Å².